The van der Waals surface area contributed by atoms with Gasteiger partial charge >= 0.3 is 6.61 Å². The third-order valence-electron chi connectivity index (χ3n) is 3.56. The largest absolute Gasteiger partial charge is 0.490 e. The van der Waals surface area contributed by atoms with Crippen LogP contribution in [-0.2, 0) is 6.54 Å². The van der Waals surface area contributed by atoms with E-state index in [2.05, 4.69) is 9.64 Å². The van der Waals surface area contributed by atoms with Crippen LogP contribution in [0.5, 0.6) is 11.5 Å². The smallest absolute Gasteiger partial charge is 0.387 e. The topological polar surface area (TPSA) is 47.7 Å². The first-order valence-electron chi connectivity index (χ1n) is 7.27. The zero-order valence-corrected chi connectivity index (χ0v) is 13.5. The molecule has 1 aromatic rings. The van der Waals surface area contributed by atoms with Gasteiger partial charge in [-0.3, -0.25) is 4.90 Å². The summed E-state index contributed by atoms with van der Waals surface area (Å²) in [7, 11) is 0. The minimum Gasteiger partial charge on any atom is -0.490 e. The number of ether oxygens (including phenoxy) is 2. The fourth-order valence-corrected chi connectivity index (χ4v) is 2.48. The average Bonchev–Trinajstić information content (AvgIpc) is 2.44. The molecular weight excluding hydrogens is 314 g/mol. The highest BCUT2D eigenvalue weighted by Crippen LogP contribution is 2.30. The van der Waals surface area contributed by atoms with Gasteiger partial charge in [-0.15, -0.1) is 12.4 Å². The van der Waals surface area contributed by atoms with Gasteiger partial charge in [0.1, 0.15) is 0 Å². The van der Waals surface area contributed by atoms with Crippen molar-refractivity contribution in [1.29, 1.82) is 0 Å². The fraction of sp³-hybridized carbons (Fsp3) is 0.600. The molecule has 1 aromatic carbocycles. The van der Waals surface area contributed by atoms with Crippen molar-refractivity contribution < 1.29 is 18.3 Å². The lowest BCUT2D eigenvalue weighted by atomic mass is 10.1. The molecule has 0 aromatic heterocycles. The predicted molar refractivity (Wildman–Crippen MR) is 84.0 cm³/mol. The van der Waals surface area contributed by atoms with E-state index in [0.29, 0.717) is 18.4 Å². The second kappa shape index (κ2) is 9.12. The highest BCUT2D eigenvalue weighted by molar-refractivity contribution is 5.85. The van der Waals surface area contributed by atoms with E-state index in [0.717, 1.165) is 38.0 Å². The van der Waals surface area contributed by atoms with Crippen molar-refractivity contribution in [2.24, 2.45) is 5.73 Å². The Morgan fingerprint density at radius 2 is 1.95 bits per heavy atom. The van der Waals surface area contributed by atoms with Crippen molar-refractivity contribution in [3.8, 4) is 11.5 Å². The number of hydrogen-bond acceptors (Lipinski definition) is 4. The number of halogens is 3. The summed E-state index contributed by atoms with van der Waals surface area (Å²) in [6.45, 7) is 2.05. The van der Waals surface area contributed by atoms with Gasteiger partial charge in [0.05, 0.1) is 6.61 Å². The monoisotopic (exact) mass is 336 g/mol. The highest BCUT2D eigenvalue weighted by Gasteiger charge is 2.17. The second-order valence-corrected chi connectivity index (χ2v) is 5.21. The van der Waals surface area contributed by atoms with E-state index < -0.39 is 6.61 Å². The Labute approximate surface area is 136 Å². The maximum absolute atomic E-state index is 12.4. The van der Waals surface area contributed by atoms with E-state index in [1.54, 1.807) is 18.2 Å². The summed E-state index contributed by atoms with van der Waals surface area (Å²) in [5.74, 6) is 0.445. The maximum Gasteiger partial charge on any atom is 0.387 e. The van der Waals surface area contributed by atoms with E-state index in [9.17, 15) is 8.78 Å². The molecule has 1 aliphatic rings. The molecule has 1 aliphatic heterocycles. The van der Waals surface area contributed by atoms with Gasteiger partial charge in [-0.2, -0.15) is 8.78 Å². The molecule has 126 valence electrons. The normalized spacial score (nSPS) is 16.4. The Morgan fingerprint density at radius 1 is 1.27 bits per heavy atom. The van der Waals surface area contributed by atoms with Gasteiger partial charge < -0.3 is 15.2 Å². The SMILES string of the molecule is CCOc1cc(CN2CCC(N)CC2)ccc1OC(F)F.Cl. The molecule has 0 saturated carbocycles. The lowest BCUT2D eigenvalue weighted by molar-refractivity contribution is -0.0514. The van der Waals surface area contributed by atoms with E-state index in [-0.39, 0.29) is 18.2 Å². The minimum atomic E-state index is -2.85. The molecule has 1 fully saturated rings. The second-order valence-electron chi connectivity index (χ2n) is 5.21. The Hall–Kier alpha value is -1.11. The van der Waals surface area contributed by atoms with Crippen molar-refractivity contribution in [2.45, 2.75) is 39.0 Å². The summed E-state index contributed by atoms with van der Waals surface area (Å²) in [6, 6.07) is 5.41. The van der Waals surface area contributed by atoms with E-state index >= 15 is 0 Å². The van der Waals surface area contributed by atoms with Gasteiger partial charge in [-0.05, 0) is 50.6 Å². The lowest BCUT2D eigenvalue weighted by Gasteiger charge is -2.30. The molecular formula is C15H23ClF2N2O2. The number of benzene rings is 1. The molecule has 0 atom stereocenters. The van der Waals surface area contributed by atoms with Crippen LogP contribution < -0.4 is 15.2 Å². The maximum atomic E-state index is 12.4. The Bertz CT molecular complexity index is 455. The number of nitrogens with two attached hydrogens (primary N) is 1. The first-order valence-corrected chi connectivity index (χ1v) is 7.27. The Morgan fingerprint density at radius 3 is 2.55 bits per heavy atom. The number of nitrogens with zero attached hydrogens (tertiary/aromatic N) is 1. The Kier molecular flexibility index (Phi) is 7.85. The van der Waals surface area contributed by atoms with Crippen molar-refractivity contribution in [3.63, 3.8) is 0 Å². The molecule has 2 N–H and O–H groups in total. The van der Waals surface area contributed by atoms with Gasteiger partial charge in [-0.1, -0.05) is 6.07 Å². The molecule has 22 heavy (non-hydrogen) atoms. The molecule has 1 heterocycles. The number of piperidine rings is 1. The summed E-state index contributed by atoms with van der Waals surface area (Å²) >= 11 is 0. The number of hydrogen-bond donors (Lipinski definition) is 1. The van der Waals surface area contributed by atoms with Gasteiger partial charge in [-0.25, -0.2) is 0 Å². The van der Waals surface area contributed by atoms with Crippen LogP contribution in [0, 0.1) is 0 Å². The van der Waals surface area contributed by atoms with Crippen LogP contribution in [0.4, 0.5) is 8.78 Å². The molecule has 0 bridgehead atoms. The summed E-state index contributed by atoms with van der Waals surface area (Å²) in [6.07, 6.45) is 1.98. The van der Waals surface area contributed by atoms with Crippen LogP contribution in [0.25, 0.3) is 0 Å². The van der Waals surface area contributed by atoms with Crippen molar-refractivity contribution in [1.82, 2.24) is 4.90 Å². The molecule has 0 unspecified atom stereocenters. The van der Waals surface area contributed by atoms with Crippen molar-refractivity contribution in [2.75, 3.05) is 19.7 Å². The molecule has 0 aliphatic carbocycles. The van der Waals surface area contributed by atoms with Gasteiger partial charge in [0, 0.05) is 12.6 Å². The summed E-state index contributed by atoms with van der Waals surface area (Å²) in [5, 5.41) is 0. The van der Waals surface area contributed by atoms with Crippen molar-refractivity contribution in [3.05, 3.63) is 23.8 Å². The molecule has 0 amide bonds. The molecule has 7 heteroatoms. The van der Waals surface area contributed by atoms with Gasteiger partial charge in [0.25, 0.3) is 0 Å². The first kappa shape index (κ1) is 18.9. The van der Waals surface area contributed by atoms with Crippen LogP contribution in [0.3, 0.4) is 0 Å². The van der Waals surface area contributed by atoms with Crippen LogP contribution in [-0.4, -0.2) is 37.2 Å². The summed E-state index contributed by atoms with van der Waals surface area (Å²) < 4.78 is 34.6. The molecule has 0 radical (unpaired) electrons. The summed E-state index contributed by atoms with van der Waals surface area (Å²) in [5.41, 5.74) is 6.91. The van der Waals surface area contributed by atoms with E-state index in [4.69, 9.17) is 10.5 Å². The lowest BCUT2D eigenvalue weighted by Crippen LogP contribution is -2.39. The molecule has 1 saturated heterocycles. The highest BCUT2D eigenvalue weighted by atomic mass is 35.5. The number of rotatable bonds is 6. The fourth-order valence-electron chi connectivity index (χ4n) is 2.48. The van der Waals surface area contributed by atoms with Crippen molar-refractivity contribution >= 4 is 12.4 Å². The molecule has 0 spiro atoms. The average molecular weight is 337 g/mol. The van der Waals surface area contributed by atoms with Gasteiger partial charge in [0.2, 0.25) is 0 Å². The molecule has 4 nitrogen and oxygen atoms in total. The van der Waals surface area contributed by atoms with Crippen LogP contribution >= 0.6 is 12.4 Å². The number of likely N-dealkylation sites (tertiary alicyclic amines) is 1. The van der Waals surface area contributed by atoms with E-state index in [1.807, 2.05) is 6.92 Å². The van der Waals surface area contributed by atoms with Crippen LogP contribution in [0.15, 0.2) is 18.2 Å². The predicted octanol–water partition coefficient (Wildman–Crippen LogP) is 3.03. The third kappa shape index (κ3) is 5.59. The van der Waals surface area contributed by atoms with Crippen LogP contribution in [0.1, 0.15) is 25.3 Å². The van der Waals surface area contributed by atoms with Crippen LogP contribution in [0.2, 0.25) is 0 Å². The first-order chi connectivity index (χ1) is 10.1. The zero-order valence-electron chi connectivity index (χ0n) is 12.6. The third-order valence-corrected chi connectivity index (χ3v) is 3.56. The van der Waals surface area contributed by atoms with Gasteiger partial charge in [0.15, 0.2) is 11.5 Å². The zero-order chi connectivity index (χ0) is 15.2. The van der Waals surface area contributed by atoms with E-state index in [1.165, 1.54) is 0 Å². The number of alkyl halides is 2. The molecule has 2 rings (SSSR count). The Balaban J connectivity index is 0.00000242. The summed E-state index contributed by atoms with van der Waals surface area (Å²) in [4.78, 5) is 2.31. The minimum absolute atomic E-state index is 0. The quantitative estimate of drug-likeness (QED) is 0.867. The standard InChI is InChI=1S/C15H22F2N2O2.ClH/c1-2-20-14-9-11(3-4-13(14)21-15(16)17)10-19-7-5-12(18)6-8-19;/h3-4,9,12,15H,2,5-8,10,18H2,1H3;1H.